The van der Waals surface area contributed by atoms with Crippen LogP contribution in [0.2, 0.25) is 0 Å². The van der Waals surface area contributed by atoms with Crippen molar-refractivity contribution in [3.63, 3.8) is 0 Å². The van der Waals surface area contributed by atoms with E-state index in [4.69, 9.17) is 5.73 Å². The molecule has 1 amide bonds. The van der Waals surface area contributed by atoms with Crippen molar-refractivity contribution in [2.75, 3.05) is 12.3 Å². The summed E-state index contributed by atoms with van der Waals surface area (Å²) in [5.74, 6) is -0.0796. The van der Waals surface area contributed by atoms with Crippen LogP contribution in [-0.2, 0) is 0 Å². The molecule has 3 nitrogen and oxygen atoms in total. The monoisotopic (exact) mass is 354 g/mol. The second-order valence-electron chi connectivity index (χ2n) is 6.05. The Hall–Kier alpha value is -1.07. The molecule has 0 aliphatic rings. The first kappa shape index (κ1) is 15.3. The summed E-state index contributed by atoms with van der Waals surface area (Å²) in [6.07, 6.45) is 0.940. The van der Waals surface area contributed by atoms with E-state index in [2.05, 4.69) is 42.0 Å². The summed E-state index contributed by atoms with van der Waals surface area (Å²) in [4.78, 5) is 12.8. The van der Waals surface area contributed by atoms with E-state index >= 15 is 0 Å². The SMILES string of the molecule is CC(C)(C)CCNC(=O)c1sc2ccc(Br)cc2c1N. The molecule has 0 unspecified atom stereocenters. The maximum absolute atomic E-state index is 12.2. The Morgan fingerprint density at radius 1 is 1.40 bits per heavy atom. The molecule has 3 N–H and O–H groups in total. The molecule has 0 spiro atoms. The summed E-state index contributed by atoms with van der Waals surface area (Å²) in [7, 11) is 0. The van der Waals surface area contributed by atoms with E-state index < -0.39 is 0 Å². The number of nitrogen functional groups attached to an aromatic ring is 1. The van der Waals surface area contributed by atoms with E-state index in [0.29, 0.717) is 17.1 Å². The standard InChI is InChI=1S/C15H19BrN2OS/c1-15(2,3)6-7-18-14(19)13-12(17)10-8-9(16)4-5-11(10)20-13/h4-5,8H,6-7,17H2,1-3H3,(H,18,19). The van der Waals surface area contributed by atoms with Crippen molar-refractivity contribution < 1.29 is 4.79 Å². The van der Waals surface area contributed by atoms with Gasteiger partial charge in [-0.25, -0.2) is 0 Å². The van der Waals surface area contributed by atoms with Gasteiger partial charge < -0.3 is 11.1 Å². The molecule has 108 valence electrons. The third-order valence-corrected chi connectivity index (χ3v) is 4.73. The van der Waals surface area contributed by atoms with Crippen molar-refractivity contribution >= 4 is 48.9 Å². The minimum absolute atomic E-state index is 0.0796. The number of nitrogens with one attached hydrogen (secondary N) is 1. The van der Waals surface area contributed by atoms with Crippen molar-refractivity contribution in [2.45, 2.75) is 27.2 Å². The molecule has 1 aromatic carbocycles. The number of nitrogens with two attached hydrogens (primary N) is 1. The topological polar surface area (TPSA) is 55.1 Å². The molecule has 2 aromatic rings. The Labute approximate surface area is 131 Å². The highest BCUT2D eigenvalue weighted by atomic mass is 79.9. The number of halogens is 1. The fraction of sp³-hybridized carbons (Fsp3) is 0.400. The van der Waals surface area contributed by atoms with E-state index in [9.17, 15) is 4.79 Å². The summed E-state index contributed by atoms with van der Waals surface area (Å²) in [5, 5.41) is 3.89. The molecule has 0 aliphatic heterocycles. The molecule has 20 heavy (non-hydrogen) atoms. The molecule has 0 fully saturated rings. The molecule has 0 bridgehead atoms. The van der Waals surface area contributed by atoms with Crippen LogP contribution in [0.3, 0.4) is 0 Å². The number of carbonyl (C=O) groups excluding carboxylic acids is 1. The number of amides is 1. The van der Waals surface area contributed by atoms with Gasteiger partial charge in [-0.15, -0.1) is 11.3 Å². The van der Waals surface area contributed by atoms with E-state index in [1.165, 1.54) is 11.3 Å². The lowest BCUT2D eigenvalue weighted by Crippen LogP contribution is -2.27. The zero-order valence-corrected chi connectivity index (χ0v) is 14.3. The molecule has 0 radical (unpaired) electrons. The Morgan fingerprint density at radius 3 is 2.75 bits per heavy atom. The Bertz CT molecular complexity index is 643. The lowest BCUT2D eigenvalue weighted by atomic mass is 9.92. The van der Waals surface area contributed by atoms with Gasteiger partial charge in [0.2, 0.25) is 0 Å². The molecule has 0 aliphatic carbocycles. The molecule has 5 heteroatoms. The van der Waals surface area contributed by atoms with Crippen molar-refractivity contribution in [1.29, 1.82) is 0 Å². The molecular formula is C15H19BrN2OS. The molecule has 0 atom stereocenters. The second kappa shape index (κ2) is 5.74. The number of hydrogen-bond donors (Lipinski definition) is 2. The van der Waals surface area contributed by atoms with Crippen LogP contribution in [0, 0.1) is 5.41 Å². The molecule has 0 saturated heterocycles. The maximum atomic E-state index is 12.2. The van der Waals surface area contributed by atoms with Gasteiger partial charge in [-0.1, -0.05) is 36.7 Å². The number of carbonyl (C=O) groups is 1. The van der Waals surface area contributed by atoms with Gasteiger partial charge in [-0.3, -0.25) is 4.79 Å². The van der Waals surface area contributed by atoms with E-state index in [1.54, 1.807) is 0 Å². The summed E-state index contributed by atoms with van der Waals surface area (Å²) in [5.41, 5.74) is 6.88. The number of thiophene rings is 1. The van der Waals surface area contributed by atoms with E-state index in [-0.39, 0.29) is 11.3 Å². The van der Waals surface area contributed by atoms with Crippen molar-refractivity contribution in [2.24, 2.45) is 5.41 Å². The lowest BCUT2D eigenvalue weighted by molar-refractivity contribution is 0.0954. The zero-order chi connectivity index (χ0) is 14.9. The molecule has 2 rings (SSSR count). The fourth-order valence-corrected chi connectivity index (χ4v) is 3.27. The van der Waals surface area contributed by atoms with Gasteiger partial charge in [0.15, 0.2) is 0 Å². The number of anilines is 1. The molecule has 1 aromatic heterocycles. The van der Waals surface area contributed by atoms with Crippen LogP contribution in [0.15, 0.2) is 22.7 Å². The second-order valence-corrected chi connectivity index (χ2v) is 8.02. The Morgan fingerprint density at radius 2 is 2.10 bits per heavy atom. The third-order valence-electron chi connectivity index (χ3n) is 3.06. The van der Waals surface area contributed by atoms with Gasteiger partial charge in [0.25, 0.3) is 5.91 Å². The largest absolute Gasteiger partial charge is 0.397 e. The first-order chi connectivity index (χ1) is 9.28. The van der Waals surface area contributed by atoms with Crippen LogP contribution < -0.4 is 11.1 Å². The number of benzene rings is 1. The van der Waals surface area contributed by atoms with Gasteiger partial charge >= 0.3 is 0 Å². The lowest BCUT2D eigenvalue weighted by Gasteiger charge is -2.17. The quantitative estimate of drug-likeness (QED) is 0.857. The first-order valence-electron chi connectivity index (χ1n) is 6.54. The van der Waals surface area contributed by atoms with Crippen molar-refractivity contribution in [3.8, 4) is 0 Å². The van der Waals surface area contributed by atoms with Crippen LogP contribution >= 0.6 is 27.3 Å². The summed E-state index contributed by atoms with van der Waals surface area (Å²) < 4.78 is 2.00. The molecule has 0 saturated carbocycles. The average Bonchev–Trinajstić information content (AvgIpc) is 2.65. The molecule has 1 heterocycles. The van der Waals surface area contributed by atoms with Crippen molar-refractivity contribution in [1.82, 2.24) is 5.32 Å². The Balaban J connectivity index is 2.16. The van der Waals surface area contributed by atoms with Crippen LogP contribution in [0.25, 0.3) is 10.1 Å². The van der Waals surface area contributed by atoms with Gasteiger partial charge in [-0.2, -0.15) is 0 Å². The maximum Gasteiger partial charge on any atom is 0.263 e. The van der Waals surface area contributed by atoms with Crippen LogP contribution in [-0.4, -0.2) is 12.5 Å². The third kappa shape index (κ3) is 3.52. The highest BCUT2D eigenvalue weighted by Gasteiger charge is 2.17. The predicted octanol–water partition coefficient (Wildman–Crippen LogP) is 4.41. The predicted molar refractivity (Wildman–Crippen MR) is 90.3 cm³/mol. The van der Waals surface area contributed by atoms with Crippen LogP contribution in [0.5, 0.6) is 0 Å². The van der Waals surface area contributed by atoms with Gasteiger partial charge in [0.1, 0.15) is 4.88 Å². The van der Waals surface area contributed by atoms with Gasteiger partial charge in [-0.05, 0) is 30.0 Å². The number of hydrogen-bond acceptors (Lipinski definition) is 3. The summed E-state index contributed by atoms with van der Waals surface area (Å²) in [6.45, 7) is 7.14. The summed E-state index contributed by atoms with van der Waals surface area (Å²) in [6, 6.07) is 5.89. The number of fused-ring (bicyclic) bond motifs is 1. The van der Waals surface area contributed by atoms with Crippen molar-refractivity contribution in [3.05, 3.63) is 27.5 Å². The average molecular weight is 355 g/mol. The van der Waals surface area contributed by atoms with Crippen LogP contribution in [0.4, 0.5) is 5.69 Å². The van der Waals surface area contributed by atoms with E-state index in [0.717, 1.165) is 21.0 Å². The van der Waals surface area contributed by atoms with Gasteiger partial charge in [0.05, 0.1) is 5.69 Å². The van der Waals surface area contributed by atoms with Gasteiger partial charge in [0, 0.05) is 21.1 Å². The summed E-state index contributed by atoms with van der Waals surface area (Å²) >= 11 is 4.87. The highest BCUT2D eigenvalue weighted by Crippen LogP contribution is 2.35. The smallest absolute Gasteiger partial charge is 0.263 e. The van der Waals surface area contributed by atoms with E-state index in [1.807, 2.05) is 18.2 Å². The zero-order valence-electron chi connectivity index (χ0n) is 11.9. The minimum Gasteiger partial charge on any atom is -0.397 e. The molecular weight excluding hydrogens is 336 g/mol. The normalized spacial score (nSPS) is 11.8. The minimum atomic E-state index is -0.0796. The Kier molecular flexibility index (Phi) is 4.39. The highest BCUT2D eigenvalue weighted by molar-refractivity contribution is 9.10. The fourth-order valence-electron chi connectivity index (χ4n) is 1.89. The van der Waals surface area contributed by atoms with Crippen LogP contribution in [0.1, 0.15) is 36.9 Å². The first-order valence-corrected chi connectivity index (χ1v) is 8.14. The number of rotatable bonds is 3.